The van der Waals surface area contributed by atoms with Crippen molar-refractivity contribution in [3.05, 3.63) is 0 Å². The molecule has 0 saturated heterocycles. The lowest BCUT2D eigenvalue weighted by Crippen LogP contribution is -2.71. The van der Waals surface area contributed by atoms with Gasteiger partial charge in [0.05, 0.1) is 0 Å². The van der Waals surface area contributed by atoms with Crippen LogP contribution in [-0.4, -0.2) is 17.1 Å². The maximum Gasteiger partial charge on any atom is 0.321 e. The Morgan fingerprint density at radius 2 is 1.71 bits per heavy atom. The molecule has 14 heavy (non-hydrogen) atoms. The SMILES string of the molecule is CC(C)C12CC([C@H](N)C(=O)O)(C1)C2.Cl. The number of aliphatic carboxylic acids is 1. The number of nitrogens with two attached hydrogens (primary N) is 1. The van der Waals surface area contributed by atoms with Gasteiger partial charge in [-0.25, -0.2) is 0 Å². The van der Waals surface area contributed by atoms with E-state index in [0.29, 0.717) is 11.3 Å². The van der Waals surface area contributed by atoms with Crippen molar-refractivity contribution >= 4 is 18.4 Å². The van der Waals surface area contributed by atoms with Gasteiger partial charge in [-0.1, -0.05) is 13.8 Å². The van der Waals surface area contributed by atoms with Gasteiger partial charge in [-0.2, -0.15) is 0 Å². The van der Waals surface area contributed by atoms with Crippen molar-refractivity contribution in [3.8, 4) is 0 Å². The van der Waals surface area contributed by atoms with Crippen molar-refractivity contribution in [1.29, 1.82) is 0 Å². The second-order valence-electron chi connectivity index (χ2n) is 5.23. The largest absolute Gasteiger partial charge is 0.480 e. The fourth-order valence-corrected chi connectivity index (χ4v) is 3.15. The van der Waals surface area contributed by atoms with E-state index in [1.54, 1.807) is 0 Å². The fourth-order valence-electron chi connectivity index (χ4n) is 3.15. The summed E-state index contributed by atoms with van der Waals surface area (Å²) in [6.07, 6.45) is 3.10. The Labute approximate surface area is 90.5 Å². The summed E-state index contributed by atoms with van der Waals surface area (Å²) in [5, 5.41) is 8.80. The maximum absolute atomic E-state index is 10.7. The molecule has 0 unspecified atom stereocenters. The number of carboxylic acid groups (broad SMARTS) is 1. The highest BCUT2D eigenvalue weighted by atomic mass is 35.5. The molecule has 0 aromatic carbocycles. The van der Waals surface area contributed by atoms with E-state index in [9.17, 15) is 4.79 Å². The van der Waals surface area contributed by atoms with E-state index in [0.717, 1.165) is 19.3 Å². The minimum absolute atomic E-state index is 0. The van der Waals surface area contributed by atoms with Crippen LogP contribution in [0.15, 0.2) is 0 Å². The van der Waals surface area contributed by atoms with Crippen molar-refractivity contribution in [3.63, 3.8) is 0 Å². The Bertz CT molecular complexity index is 245. The summed E-state index contributed by atoms with van der Waals surface area (Å²) in [6.45, 7) is 4.44. The molecule has 0 heterocycles. The van der Waals surface area contributed by atoms with Crippen LogP contribution in [-0.2, 0) is 4.79 Å². The summed E-state index contributed by atoms with van der Waals surface area (Å²) in [7, 11) is 0. The molecule has 0 radical (unpaired) electrons. The predicted octanol–water partition coefficient (Wildman–Crippen LogP) is 1.65. The lowest BCUT2D eigenvalue weighted by molar-refractivity contribution is -0.241. The number of rotatable bonds is 3. The third-order valence-corrected chi connectivity index (χ3v) is 4.26. The molecule has 2 bridgehead atoms. The summed E-state index contributed by atoms with van der Waals surface area (Å²) < 4.78 is 0. The first kappa shape index (κ1) is 11.8. The van der Waals surface area contributed by atoms with Crippen molar-refractivity contribution < 1.29 is 9.90 Å². The van der Waals surface area contributed by atoms with E-state index >= 15 is 0 Å². The molecule has 0 aromatic heterocycles. The molecule has 0 aromatic rings. The van der Waals surface area contributed by atoms with Crippen molar-refractivity contribution in [1.82, 2.24) is 0 Å². The molecular weight excluding hydrogens is 202 g/mol. The molecule has 3 saturated carbocycles. The summed E-state index contributed by atoms with van der Waals surface area (Å²) in [5.74, 6) is -0.160. The van der Waals surface area contributed by atoms with Crippen LogP contribution in [0.4, 0.5) is 0 Å². The van der Waals surface area contributed by atoms with E-state index in [-0.39, 0.29) is 17.8 Å². The van der Waals surface area contributed by atoms with Crippen molar-refractivity contribution in [2.45, 2.75) is 39.2 Å². The smallest absolute Gasteiger partial charge is 0.321 e. The zero-order chi connectivity index (χ0) is 9.85. The van der Waals surface area contributed by atoms with Crippen LogP contribution in [0.25, 0.3) is 0 Å². The van der Waals surface area contributed by atoms with E-state index in [1.165, 1.54) is 0 Å². The second kappa shape index (κ2) is 3.11. The number of hydrogen-bond acceptors (Lipinski definition) is 2. The van der Waals surface area contributed by atoms with Crippen LogP contribution >= 0.6 is 12.4 Å². The van der Waals surface area contributed by atoms with E-state index in [2.05, 4.69) is 13.8 Å². The van der Waals surface area contributed by atoms with Gasteiger partial charge in [-0.05, 0) is 36.0 Å². The zero-order valence-corrected chi connectivity index (χ0v) is 9.43. The standard InChI is InChI=1S/C10H17NO2.ClH/c1-6(2)9-3-10(4-9,5-9)7(11)8(12)13;/h6-7H,3-5,11H2,1-2H3,(H,12,13);1H/t7-,9?,10?;/m1./s1. The van der Waals surface area contributed by atoms with E-state index in [1.807, 2.05) is 0 Å². The molecule has 1 atom stereocenters. The summed E-state index contributed by atoms with van der Waals surface area (Å²) in [5.41, 5.74) is 6.07. The molecule has 0 spiro atoms. The van der Waals surface area contributed by atoms with Crippen molar-refractivity contribution in [2.24, 2.45) is 22.5 Å². The van der Waals surface area contributed by atoms with Crippen LogP contribution in [0.3, 0.4) is 0 Å². The first-order chi connectivity index (χ1) is 5.92. The Morgan fingerprint density at radius 3 is 2.00 bits per heavy atom. The molecule has 3 aliphatic rings. The van der Waals surface area contributed by atoms with Gasteiger partial charge in [0.15, 0.2) is 0 Å². The topological polar surface area (TPSA) is 63.3 Å². The monoisotopic (exact) mass is 219 g/mol. The minimum Gasteiger partial charge on any atom is -0.480 e. The number of carbonyl (C=O) groups is 1. The van der Waals surface area contributed by atoms with Gasteiger partial charge < -0.3 is 10.8 Å². The average molecular weight is 220 g/mol. The normalized spacial score (nSPS) is 40.6. The third-order valence-electron chi connectivity index (χ3n) is 4.26. The lowest BCUT2D eigenvalue weighted by atomic mass is 9.30. The Hall–Kier alpha value is -0.280. The van der Waals surface area contributed by atoms with Gasteiger partial charge in [0.1, 0.15) is 6.04 Å². The highest BCUT2D eigenvalue weighted by molar-refractivity contribution is 5.85. The van der Waals surface area contributed by atoms with Gasteiger partial charge in [-0.3, -0.25) is 4.79 Å². The van der Waals surface area contributed by atoms with E-state index in [4.69, 9.17) is 10.8 Å². The molecular formula is C10H18ClNO2. The van der Waals surface area contributed by atoms with Gasteiger partial charge in [0.25, 0.3) is 0 Å². The number of hydrogen-bond donors (Lipinski definition) is 2. The molecule has 3 fully saturated rings. The quantitative estimate of drug-likeness (QED) is 0.759. The fraction of sp³-hybridized carbons (Fsp3) is 0.900. The summed E-state index contributed by atoms with van der Waals surface area (Å²) in [6, 6.07) is -0.631. The molecule has 3 nitrogen and oxygen atoms in total. The highest BCUT2D eigenvalue weighted by Crippen LogP contribution is 2.77. The zero-order valence-electron chi connectivity index (χ0n) is 8.62. The molecule has 0 amide bonds. The van der Waals surface area contributed by atoms with Gasteiger partial charge in [0.2, 0.25) is 0 Å². The van der Waals surface area contributed by atoms with Crippen LogP contribution in [0.1, 0.15) is 33.1 Å². The Balaban J connectivity index is 0.000000980. The van der Waals surface area contributed by atoms with Crippen LogP contribution in [0, 0.1) is 16.7 Å². The molecule has 3 N–H and O–H groups in total. The third kappa shape index (κ3) is 1.18. The van der Waals surface area contributed by atoms with Gasteiger partial charge in [-0.15, -0.1) is 12.4 Å². The highest BCUT2D eigenvalue weighted by Gasteiger charge is 2.71. The Kier molecular flexibility index (Phi) is 2.62. The van der Waals surface area contributed by atoms with E-state index < -0.39 is 12.0 Å². The minimum atomic E-state index is -0.836. The number of carboxylic acids is 1. The lowest BCUT2D eigenvalue weighted by Gasteiger charge is -2.74. The van der Waals surface area contributed by atoms with Crippen LogP contribution in [0.2, 0.25) is 0 Å². The molecule has 4 heteroatoms. The van der Waals surface area contributed by atoms with Gasteiger partial charge in [0, 0.05) is 0 Å². The van der Waals surface area contributed by atoms with Crippen LogP contribution < -0.4 is 5.73 Å². The average Bonchev–Trinajstić information content (AvgIpc) is 1.79. The van der Waals surface area contributed by atoms with Crippen molar-refractivity contribution in [2.75, 3.05) is 0 Å². The summed E-state index contributed by atoms with van der Waals surface area (Å²) in [4.78, 5) is 10.7. The first-order valence-electron chi connectivity index (χ1n) is 4.90. The van der Waals surface area contributed by atoms with Gasteiger partial charge >= 0.3 is 5.97 Å². The molecule has 3 aliphatic carbocycles. The van der Waals surface area contributed by atoms with Crippen LogP contribution in [0.5, 0.6) is 0 Å². The first-order valence-corrected chi connectivity index (χ1v) is 4.90. The number of halogens is 1. The maximum atomic E-state index is 10.7. The predicted molar refractivity (Wildman–Crippen MR) is 56.4 cm³/mol. The molecule has 3 rings (SSSR count). The molecule has 0 aliphatic heterocycles. The molecule has 82 valence electrons. The second-order valence-corrected chi connectivity index (χ2v) is 5.23. The Morgan fingerprint density at radius 1 is 1.29 bits per heavy atom. The summed E-state index contributed by atoms with van der Waals surface area (Å²) >= 11 is 0.